The van der Waals surface area contributed by atoms with Gasteiger partial charge >= 0.3 is 0 Å². The smallest absolute Gasteiger partial charge is 0.257 e. The number of halogens is 1. The first-order valence-corrected chi connectivity index (χ1v) is 7.74. The van der Waals surface area contributed by atoms with Crippen molar-refractivity contribution in [3.05, 3.63) is 52.8 Å². The summed E-state index contributed by atoms with van der Waals surface area (Å²) in [5, 5.41) is 6.12. The van der Waals surface area contributed by atoms with Gasteiger partial charge in [-0.05, 0) is 30.7 Å². The zero-order valence-corrected chi connectivity index (χ0v) is 13.5. The Bertz CT molecular complexity index is 616. The summed E-state index contributed by atoms with van der Waals surface area (Å²) < 4.78 is 0.924. The molecule has 0 fully saturated rings. The van der Waals surface area contributed by atoms with Crippen LogP contribution in [-0.4, -0.2) is 17.4 Å². The number of benzene rings is 1. The summed E-state index contributed by atoms with van der Waals surface area (Å²) in [4.78, 5) is 16.3. The third-order valence-electron chi connectivity index (χ3n) is 2.94. The molecule has 0 aliphatic carbocycles. The maximum Gasteiger partial charge on any atom is 0.257 e. The Hall–Kier alpha value is -1.88. The molecule has 0 saturated carbocycles. The highest BCUT2D eigenvalue weighted by atomic mass is 79.9. The number of anilines is 2. The molecule has 110 valence electrons. The molecule has 2 aromatic rings. The fraction of sp³-hybridized carbons (Fsp3) is 0.250. The normalized spacial score (nSPS) is 10.2. The number of nitrogens with one attached hydrogen (secondary N) is 2. The molecule has 0 radical (unpaired) electrons. The Morgan fingerprint density at radius 2 is 2.10 bits per heavy atom. The minimum atomic E-state index is -0.167. The van der Waals surface area contributed by atoms with Crippen LogP contribution in [0, 0.1) is 0 Å². The van der Waals surface area contributed by atoms with Gasteiger partial charge in [-0.25, -0.2) is 0 Å². The van der Waals surface area contributed by atoms with E-state index < -0.39 is 0 Å². The Kier molecular flexibility index (Phi) is 5.75. The SMILES string of the molecule is CCCCNc1cncc(C(=O)Nc2cccc(Br)c2)c1. The van der Waals surface area contributed by atoms with E-state index in [-0.39, 0.29) is 5.91 Å². The molecule has 1 aromatic carbocycles. The van der Waals surface area contributed by atoms with Crippen molar-refractivity contribution in [2.75, 3.05) is 17.2 Å². The monoisotopic (exact) mass is 347 g/mol. The molecule has 0 aliphatic heterocycles. The second-order valence-electron chi connectivity index (χ2n) is 4.71. The van der Waals surface area contributed by atoms with Crippen LogP contribution < -0.4 is 10.6 Å². The number of carbonyl (C=O) groups is 1. The molecule has 4 nitrogen and oxygen atoms in total. The molecular weight excluding hydrogens is 330 g/mol. The zero-order chi connectivity index (χ0) is 15.1. The van der Waals surface area contributed by atoms with Crippen molar-refractivity contribution in [1.82, 2.24) is 4.98 Å². The second kappa shape index (κ2) is 7.78. The van der Waals surface area contributed by atoms with E-state index in [1.54, 1.807) is 12.4 Å². The molecule has 2 rings (SSSR count). The van der Waals surface area contributed by atoms with E-state index in [1.165, 1.54) is 0 Å². The summed E-state index contributed by atoms with van der Waals surface area (Å²) in [7, 11) is 0. The van der Waals surface area contributed by atoms with Gasteiger partial charge < -0.3 is 10.6 Å². The van der Waals surface area contributed by atoms with Gasteiger partial charge in [-0.15, -0.1) is 0 Å². The predicted octanol–water partition coefficient (Wildman–Crippen LogP) is 4.31. The summed E-state index contributed by atoms with van der Waals surface area (Å²) in [6, 6.07) is 9.31. The van der Waals surface area contributed by atoms with Crippen LogP contribution in [0.25, 0.3) is 0 Å². The number of rotatable bonds is 6. The third kappa shape index (κ3) is 4.86. The predicted molar refractivity (Wildman–Crippen MR) is 89.7 cm³/mol. The van der Waals surface area contributed by atoms with Gasteiger partial charge in [-0.3, -0.25) is 9.78 Å². The Morgan fingerprint density at radius 3 is 2.86 bits per heavy atom. The van der Waals surface area contributed by atoms with E-state index in [4.69, 9.17) is 0 Å². The summed E-state index contributed by atoms with van der Waals surface area (Å²) in [5.41, 5.74) is 2.15. The van der Waals surface area contributed by atoms with Crippen molar-refractivity contribution in [1.29, 1.82) is 0 Å². The van der Waals surface area contributed by atoms with E-state index in [9.17, 15) is 4.79 Å². The first kappa shape index (κ1) is 15.5. The van der Waals surface area contributed by atoms with E-state index in [1.807, 2.05) is 30.3 Å². The molecule has 0 spiro atoms. The van der Waals surface area contributed by atoms with Crippen LogP contribution in [0.3, 0.4) is 0 Å². The van der Waals surface area contributed by atoms with Gasteiger partial charge in [0.05, 0.1) is 11.3 Å². The number of nitrogens with zero attached hydrogens (tertiary/aromatic N) is 1. The van der Waals surface area contributed by atoms with E-state index in [2.05, 4.69) is 38.5 Å². The van der Waals surface area contributed by atoms with E-state index in [0.29, 0.717) is 5.56 Å². The standard InChI is InChI=1S/C16H18BrN3O/c1-2-3-7-19-15-8-12(10-18-11-15)16(21)20-14-6-4-5-13(17)9-14/h4-6,8-11,19H,2-3,7H2,1H3,(H,20,21). The van der Waals surface area contributed by atoms with Crippen molar-refractivity contribution in [3.63, 3.8) is 0 Å². The van der Waals surface area contributed by atoms with Gasteiger partial charge in [0.2, 0.25) is 0 Å². The first-order chi connectivity index (χ1) is 10.2. The lowest BCUT2D eigenvalue weighted by atomic mass is 10.2. The number of unbranched alkanes of at least 4 members (excludes halogenated alkanes) is 1. The number of pyridine rings is 1. The van der Waals surface area contributed by atoms with Gasteiger partial charge in [-0.2, -0.15) is 0 Å². The van der Waals surface area contributed by atoms with Gasteiger partial charge in [0.15, 0.2) is 0 Å². The van der Waals surface area contributed by atoms with Crippen molar-refractivity contribution >= 4 is 33.2 Å². The molecule has 5 heteroatoms. The molecule has 21 heavy (non-hydrogen) atoms. The maximum absolute atomic E-state index is 12.2. The number of hydrogen-bond acceptors (Lipinski definition) is 3. The minimum absolute atomic E-state index is 0.167. The van der Waals surface area contributed by atoms with Crippen molar-refractivity contribution in [2.45, 2.75) is 19.8 Å². The van der Waals surface area contributed by atoms with Crippen LogP contribution in [0.2, 0.25) is 0 Å². The molecule has 1 aromatic heterocycles. The Balaban J connectivity index is 2.03. The number of amides is 1. The first-order valence-electron chi connectivity index (χ1n) is 6.95. The third-order valence-corrected chi connectivity index (χ3v) is 3.44. The van der Waals surface area contributed by atoms with Crippen LogP contribution in [0.15, 0.2) is 47.2 Å². The lowest BCUT2D eigenvalue weighted by Crippen LogP contribution is -2.13. The molecule has 0 atom stereocenters. The van der Waals surface area contributed by atoms with Crippen molar-refractivity contribution in [3.8, 4) is 0 Å². The zero-order valence-electron chi connectivity index (χ0n) is 11.9. The Morgan fingerprint density at radius 1 is 1.24 bits per heavy atom. The maximum atomic E-state index is 12.2. The van der Waals surface area contributed by atoms with Crippen LogP contribution in [0.1, 0.15) is 30.1 Å². The summed E-state index contributed by atoms with van der Waals surface area (Å²) >= 11 is 3.38. The quantitative estimate of drug-likeness (QED) is 0.765. The lowest BCUT2D eigenvalue weighted by Gasteiger charge is -2.08. The number of aromatic nitrogens is 1. The molecular formula is C16H18BrN3O. The topological polar surface area (TPSA) is 54.0 Å². The van der Waals surface area contributed by atoms with Crippen LogP contribution in [-0.2, 0) is 0 Å². The van der Waals surface area contributed by atoms with Crippen molar-refractivity contribution < 1.29 is 4.79 Å². The molecule has 0 aliphatic rings. The molecule has 1 amide bonds. The Labute approximate surface area is 133 Å². The highest BCUT2D eigenvalue weighted by Gasteiger charge is 2.07. The largest absolute Gasteiger partial charge is 0.384 e. The van der Waals surface area contributed by atoms with Crippen LogP contribution in [0.4, 0.5) is 11.4 Å². The fourth-order valence-electron chi connectivity index (χ4n) is 1.84. The molecule has 0 bridgehead atoms. The van der Waals surface area contributed by atoms with Gasteiger partial charge in [0, 0.05) is 29.1 Å². The lowest BCUT2D eigenvalue weighted by molar-refractivity contribution is 0.102. The summed E-state index contributed by atoms with van der Waals surface area (Å²) in [6.07, 6.45) is 5.52. The molecule has 1 heterocycles. The van der Waals surface area contributed by atoms with E-state index >= 15 is 0 Å². The van der Waals surface area contributed by atoms with Crippen LogP contribution in [0.5, 0.6) is 0 Å². The highest BCUT2D eigenvalue weighted by Crippen LogP contribution is 2.17. The molecule has 0 unspecified atom stereocenters. The van der Waals surface area contributed by atoms with Crippen LogP contribution >= 0.6 is 15.9 Å². The molecule has 2 N–H and O–H groups in total. The van der Waals surface area contributed by atoms with Crippen molar-refractivity contribution in [2.24, 2.45) is 0 Å². The minimum Gasteiger partial charge on any atom is -0.384 e. The molecule has 0 saturated heterocycles. The number of hydrogen-bond donors (Lipinski definition) is 2. The van der Waals surface area contributed by atoms with Gasteiger partial charge in [0.25, 0.3) is 5.91 Å². The summed E-state index contributed by atoms with van der Waals surface area (Å²) in [5.74, 6) is -0.167. The fourth-order valence-corrected chi connectivity index (χ4v) is 2.24. The van der Waals surface area contributed by atoms with Gasteiger partial charge in [0.1, 0.15) is 0 Å². The highest BCUT2D eigenvalue weighted by molar-refractivity contribution is 9.10. The van der Waals surface area contributed by atoms with E-state index in [0.717, 1.165) is 35.2 Å². The number of carbonyl (C=O) groups excluding carboxylic acids is 1. The average molecular weight is 348 g/mol. The van der Waals surface area contributed by atoms with Gasteiger partial charge in [-0.1, -0.05) is 35.3 Å². The average Bonchev–Trinajstić information content (AvgIpc) is 2.48. The second-order valence-corrected chi connectivity index (χ2v) is 5.62. The summed E-state index contributed by atoms with van der Waals surface area (Å²) in [6.45, 7) is 3.02.